The lowest BCUT2D eigenvalue weighted by Crippen LogP contribution is -2.41. The molecule has 0 saturated carbocycles. The molecule has 0 spiro atoms. The Balaban J connectivity index is 1.40. The Bertz CT molecular complexity index is 599. The summed E-state index contributed by atoms with van der Waals surface area (Å²) in [7, 11) is 0. The first-order valence-corrected chi connectivity index (χ1v) is 11.1. The molecule has 5 nitrogen and oxygen atoms in total. The SMILES string of the molecule is Cc1csc(SCC(=O)N2CCCC(CCC(=O)N3CCCC3)C2)n1. The number of hydrogen-bond acceptors (Lipinski definition) is 5. The summed E-state index contributed by atoms with van der Waals surface area (Å²) in [5.41, 5.74) is 1.01. The molecule has 0 radical (unpaired) electrons. The molecular weight excluding hydrogens is 354 g/mol. The van der Waals surface area contributed by atoms with Gasteiger partial charge in [-0.2, -0.15) is 0 Å². The monoisotopic (exact) mass is 381 g/mol. The predicted molar refractivity (Wildman–Crippen MR) is 102 cm³/mol. The van der Waals surface area contributed by atoms with Gasteiger partial charge in [0.25, 0.3) is 0 Å². The minimum atomic E-state index is 0.202. The molecule has 0 N–H and O–H groups in total. The van der Waals surface area contributed by atoms with Gasteiger partial charge in [0, 0.05) is 43.7 Å². The number of amides is 2. The summed E-state index contributed by atoms with van der Waals surface area (Å²) in [5, 5.41) is 2.01. The highest BCUT2D eigenvalue weighted by atomic mass is 32.2. The van der Waals surface area contributed by atoms with Crippen molar-refractivity contribution in [1.82, 2.24) is 14.8 Å². The van der Waals surface area contributed by atoms with Crippen LogP contribution in [0.4, 0.5) is 0 Å². The molecule has 0 aromatic carbocycles. The molecular formula is C18H27N3O2S2. The van der Waals surface area contributed by atoms with Crippen LogP contribution in [0.15, 0.2) is 9.72 Å². The van der Waals surface area contributed by atoms with Crippen molar-refractivity contribution in [3.05, 3.63) is 11.1 Å². The fourth-order valence-electron chi connectivity index (χ4n) is 3.59. The van der Waals surface area contributed by atoms with E-state index in [0.29, 0.717) is 24.0 Å². The van der Waals surface area contributed by atoms with E-state index >= 15 is 0 Å². The van der Waals surface area contributed by atoms with Gasteiger partial charge in [-0.15, -0.1) is 11.3 Å². The number of likely N-dealkylation sites (tertiary alicyclic amines) is 2. The average molecular weight is 382 g/mol. The Hall–Kier alpha value is -1.08. The average Bonchev–Trinajstić information content (AvgIpc) is 3.29. The number of carbonyl (C=O) groups is 2. The zero-order valence-corrected chi connectivity index (χ0v) is 16.5. The lowest BCUT2D eigenvalue weighted by molar-refractivity contribution is -0.131. The molecule has 2 aliphatic heterocycles. The summed E-state index contributed by atoms with van der Waals surface area (Å²) in [6.07, 6.45) is 6.03. The minimum absolute atomic E-state index is 0.202. The van der Waals surface area contributed by atoms with Gasteiger partial charge in [-0.1, -0.05) is 11.8 Å². The van der Waals surface area contributed by atoms with Crippen LogP contribution >= 0.6 is 23.1 Å². The van der Waals surface area contributed by atoms with Gasteiger partial charge < -0.3 is 9.80 Å². The maximum absolute atomic E-state index is 12.5. The van der Waals surface area contributed by atoms with Crippen molar-refractivity contribution in [2.24, 2.45) is 5.92 Å². The number of aryl methyl sites for hydroxylation is 1. The highest BCUT2D eigenvalue weighted by molar-refractivity contribution is 8.01. The number of aromatic nitrogens is 1. The number of nitrogens with zero attached hydrogens (tertiary/aromatic N) is 3. The van der Waals surface area contributed by atoms with Crippen LogP contribution in [0, 0.1) is 12.8 Å². The molecule has 3 heterocycles. The molecule has 1 atom stereocenters. The fourth-order valence-corrected chi connectivity index (χ4v) is 5.35. The van der Waals surface area contributed by atoms with Gasteiger partial charge in [0.15, 0.2) is 4.34 Å². The number of hydrogen-bond donors (Lipinski definition) is 0. The standard InChI is InChI=1S/C18H27N3O2S2/c1-14-12-24-18(19-14)25-13-17(23)21-10-4-5-15(11-21)6-7-16(22)20-8-2-3-9-20/h12,15H,2-11,13H2,1H3. The molecule has 7 heteroatoms. The Kier molecular flexibility index (Phi) is 6.76. The van der Waals surface area contributed by atoms with Crippen molar-refractivity contribution in [3.63, 3.8) is 0 Å². The van der Waals surface area contributed by atoms with Gasteiger partial charge in [-0.25, -0.2) is 4.98 Å². The molecule has 0 bridgehead atoms. The molecule has 1 unspecified atom stereocenters. The quantitative estimate of drug-likeness (QED) is 0.710. The summed E-state index contributed by atoms with van der Waals surface area (Å²) in [5.74, 6) is 1.44. The molecule has 3 rings (SSSR count). The molecule has 2 aliphatic rings. The number of carbonyl (C=O) groups excluding carboxylic acids is 2. The Morgan fingerprint density at radius 3 is 2.68 bits per heavy atom. The second-order valence-corrected chi connectivity index (χ2v) is 9.10. The van der Waals surface area contributed by atoms with E-state index in [4.69, 9.17) is 0 Å². The second-order valence-electron chi connectivity index (χ2n) is 7.02. The maximum Gasteiger partial charge on any atom is 0.233 e. The van der Waals surface area contributed by atoms with E-state index in [1.54, 1.807) is 11.3 Å². The van der Waals surface area contributed by atoms with Crippen molar-refractivity contribution >= 4 is 34.9 Å². The van der Waals surface area contributed by atoms with Crippen molar-refractivity contribution in [3.8, 4) is 0 Å². The highest BCUT2D eigenvalue weighted by Crippen LogP contribution is 2.25. The number of thioether (sulfide) groups is 1. The van der Waals surface area contributed by atoms with E-state index < -0.39 is 0 Å². The van der Waals surface area contributed by atoms with Gasteiger partial charge in [0.05, 0.1) is 5.75 Å². The second kappa shape index (κ2) is 9.03. The van der Waals surface area contributed by atoms with Crippen LogP contribution in [0.1, 0.15) is 44.2 Å². The molecule has 138 valence electrons. The third kappa shape index (κ3) is 5.45. The van der Waals surface area contributed by atoms with Crippen molar-refractivity contribution in [1.29, 1.82) is 0 Å². The molecule has 25 heavy (non-hydrogen) atoms. The highest BCUT2D eigenvalue weighted by Gasteiger charge is 2.25. The van der Waals surface area contributed by atoms with Crippen LogP contribution < -0.4 is 0 Å². The van der Waals surface area contributed by atoms with Crippen molar-refractivity contribution in [2.45, 2.75) is 49.8 Å². The smallest absolute Gasteiger partial charge is 0.233 e. The minimum Gasteiger partial charge on any atom is -0.343 e. The first kappa shape index (κ1) is 18.7. The van der Waals surface area contributed by atoms with Gasteiger partial charge in [0.2, 0.25) is 11.8 Å². The third-order valence-electron chi connectivity index (χ3n) is 5.01. The number of piperidine rings is 1. The van der Waals surface area contributed by atoms with E-state index in [1.165, 1.54) is 11.8 Å². The molecule has 2 saturated heterocycles. The zero-order valence-electron chi connectivity index (χ0n) is 14.9. The molecule has 1 aromatic rings. The Morgan fingerprint density at radius 1 is 1.20 bits per heavy atom. The zero-order chi connectivity index (χ0) is 17.6. The van der Waals surface area contributed by atoms with E-state index in [1.807, 2.05) is 22.1 Å². The Labute approximate surface area is 158 Å². The largest absolute Gasteiger partial charge is 0.343 e. The lowest BCUT2D eigenvalue weighted by atomic mass is 9.93. The lowest BCUT2D eigenvalue weighted by Gasteiger charge is -2.33. The van der Waals surface area contributed by atoms with Gasteiger partial charge in [0.1, 0.15) is 0 Å². The topological polar surface area (TPSA) is 53.5 Å². The molecule has 1 aromatic heterocycles. The van der Waals surface area contributed by atoms with Crippen LogP contribution in [0.3, 0.4) is 0 Å². The van der Waals surface area contributed by atoms with Crippen molar-refractivity contribution < 1.29 is 9.59 Å². The van der Waals surface area contributed by atoms with Crippen LogP contribution in [0.5, 0.6) is 0 Å². The van der Waals surface area contributed by atoms with Gasteiger partial charge >= 0.3 is 0 Å². The van der Waals surface area contributed by atoms with Crippen LogP contribution in [-0.4, -0.2) is 58.5 Å². The first-order valence-electron chi connectivity index (χ1n) is 9.22. The van der Waals surface area contributed by atoms with Crippen LogP contribution in [0.2, 0.25) is 0 Å². The fraction of sp³-hybridized carbons (Fsp3) is 0.722. The predicted octanol–water partition coefficient (Wildman–Crippen LogP) is 3.18. The summed E-state index contributed by atoms with van der Waals surface area (Å²) in [4.78, 5) is 33.1. The molecule has 2 amide bonds. The summed E-state index contributed by atoms with van der Waals surface area (Å²) < 4.78 is 0.968. The van der Waals surface area contributed by atoms with Gasteiger partial charge in [-0.3, -0.25) is 9.59 Å². The van der Waals surface area contributed by atoms with Gasteiger partial charge in [-0.05, 0) is 44.9 Å². The molecule has 2 fully saturated rings. The normalized spacial score (nSPS) is 20.9. The number of thiazole rings is 1. The van der Waals surface area contributed by atoms with E-state index in [9.17, 15) is 9.59 Å². The summed E-state index contributed by atoms with van der Waals surface area (Å²) in [6, 6.07) is 0. The van der Waals surface area contributed by atoms with Crippen molar-refractivity contribution in [2.75, 3.05) is 31.9 Å². The van der Waals surface area contributed by atoms with E-state index in [0.717, 1.165) is 68.3 Å². The first-order chi connectivity index (χ1) is 12.1. The van der Waals surface area contributed by atoms with E-state index in [-0.39, 0.29) is 5.91 Å². The maximum atomic E-state index is 12.5. The summed E-state index contributed by atoms with van der Waals surface area (Å²) >= 11 is 3.14. The molecule has 0 aliphatic carbocycles. The summed E-state index contributed by atoms with van der Waals surface area (Å²) in [6.45, 7) is 5.50. The van der Waals surface area contributed by atoms with E-state index in [2.05, 4.69) is 4.98 Å². The third-order valence-corrected chi connectivity index (χ3v) is 7.14. The van der Waals surface area contributed by atoms with Crippen LogP contribution in [-0.2, 0) is 9.59 Å². The Morgan fingerprint density at radius 2 is 1.96 bits per heavy atom. The number of rotatable bonds is 6. The van der Waals surface area contributed by atoms with Crippen LogP contribution in [0.25, 0.3) is 0 Å².